The van der Waals surface area contributed by atoms with Crippen molar-refractivity contribution in [3.05, 3.63) is 59.9 Å². The quantitative estimate of drug-likeness (QED) is 0.788. The van der Waals surface area contributed by atoms with E-state index in [9.17, 15) is 4.79 Å². The molecule has 0 saturated heterocycles. The summed E-state index contributed by atoms with van der Waals surface area (Å²) in [6, 6.07) is 11.1. The lowest BCUT2D eigenvalue weighted by Crippen LogP contribution is -2.40. The molecule has 23 heavy (non-hydrogen) atoms. The van der Waals surface area contributed by atoms with Crippen molar-refractivity contribution >= 4 is 5.91 Å². The number of rotatable bonds is 7. The van der Waals surface area contributed by atoms with Crippen molar-refractivity contribution in [3.8, 4) is 5.75 Å². The lowest BCUT2D eigenvalue weighted by atomic mass is 10.1. The molecular formula is C18H22N2O3. The van der Waals surface area contributed by atoms with Crippen molar-refractivity contribution in [3.63, 3.8) is 0 Å². The Bertz CT molecular complexity index is 631. The number of carbonyl (C=O) groups excluding carboxylic acids is 1. The number of amides is 1. The van der Waals surface area contributed by atoms with Gasteiger partial charge < -0.3 is 14.4 Å². The monoisotopic (exact) mass is 314 g/mol. The minimum atomic E-state index is -0.0643. The van der Waals surface area contributed by atoms with Gasteiger partial charge in [0.15, 0.2) is 0 Å². The molecule has 1 aromatic carbocycles. The normalized spacial score (nSPS) is 11.8. The van der Waals surface area contributed by atoms with Gasteiger partial charge in [0, 0.05) is 30.6 Å². The summed E-state index contributed by atoms with van der Waals surface area (Å²) in [5.74, 6) is 0.715. The van der Waals surface area contributed by atoms with Crippen molar-refractivity contribution in [2.45, 2.75) is 19.5 Å². The van der Waals surface area contributed by atoms with Gasteiger partial charge in [0.1, 0.15) is 5.75 Å². The molecule has 5 nitrogen and oxygen atoms in total. The molecule has 0 spiro atoms. The van der Waals surface area contributed by atoms with Crippen LogP contribution in [-0.4, -0.2) is 42.7 Å². The molecule has 0 radical (unpaired) electrons. The summed E-state index contributed by atoms with van der Waals surface area (Å²) >= 11 is 0. The third-order valence-electron chi connectivity index (χ3n) is 3.66. The summed E-state index contributed by atoms with van der Waals surface area (Å²) in [5, 5.41) is 0. The van der Waals surface area contributed by atoms with Crippen LogP contribution in [0.5, 0.6) is 5.75 Å². The number of benzene rings is 1. The van der Waals surface area contributed by atoms with Crippen LogP contribution in [-0.2, 0) is 11.3 Å². The zero-order valence-corrected chi connectivity index (χ0v) is 13.7. The zero-order valence-electron chi connectivity index (χ0n) is 13.7. The van der Waals surface area contributed by atoms with Crippen molar-refractivity contribution < 1.29 is 14.3 Å². The predicted molar refractivity (Wildman–Crippen MR) is 88.4 cm³/mol. The van der Waals surface area contributed by atoms with Crippen LogP contribution >= 0.6 is 0 Å². The molecular weight excluding hydrogens is 292 g/mol. The van der Waals surface area contributed by atoms with E-state index in [2.05, 4.69) is 4.98 Å². The molecule has 122 valence electrons. The van der Waals surface area contributed by atoms with Crippen LogP contribution in [0, 0.1) is 0 Å². The molecule has 0 saturated carbocycles. The first-order chi connectivity index (χ1) is 11.2. The first kappa shape index (κ1) is 17.0. The minimum absolute atomic E-state index is 0.0529. The third kappa shape index (κ3) is 4.29. The molecule has 2 aromatic rings. The van der Waals surface area contributed by atoms with E-state index in [0.29, 0.717) is 18.7 Å². The van der Waals surface area contributed by atoms with E-state index in [-0.39, 0.29) is 11.9 Å². The Morgan fingerprint density at radius 2 is 1.87 bits per heavy atom. The Morgan fingerprint density at radius 1 is 1.17 bits per heavy atom. The third-order valence-corrected chi connectivity index (χ3v) is 3.66. The molecule has 1 amide bonds. The van der Waals surface area contributed by atoms with Gasteiger partial charge in [0.2, 0.25) is 0 Å². The molecule has 0 unspecified atom stereocenters. The highest BCUT2D eigenvalue weighted by Gasteiger charge is 2.22. The molecule has 1 atom stereocenters. The van der Waals surface area contributed by atoms with Gasteiger partial charge in [0.25, 0.3) is 5.91 Å². The van der Waals surface area contributed by atoms with Crippen LogP contribution in [0.1, 0.15) is 22.8 Å². The van der Waals surface area contributed by atoms with Gasteiger partial charge in [-0.15, -0.1) is 0 Å². The van der Waals surface area contributed by atoms with E-state index in [1.165, 1.54) is 0 Å². The Morgan fingerprint density at radius 3 is 2.52 bits per heavy atom. The Balaban J connectivity index is 2.29. The molecule has 0 aliphatic carbocycles. The Kier molecular flexibility index (Phi) is 6.11. The first-order valence-corrected chi connectivity index (χ1v) is 7.49. The number of pyridine rings is 1. The van der Waals surface area contributed by atoms with Gasteiger partial charge >= 0.3 is 0 Å². The number of hydrogen-bond donors (Lipinski definition) is 0. The van der Waals surface area contributed by atoms with Gasteiger partial charge in [-0.2, -0.15) is 0 Å². The molecule has 0 aliphatic rings. The summed E-state index contributed by atoms with van der Waals surface area (Å²) < 4.78 is 10.6. The highest BCUT2D eigenvalue weighted by atomic mass is 16.5. The van der Waals surface area contributed by atoms with Crippen LogP contribution in [0.25, 0.3) is 0 Å². The number of para-hydroxylation sites is 1. The maximum Gasteiger partial charge on any atom is 0.254 e. The summed E-state index contributed by atoms with van der Waals surface area (Å²) in [6.07, 6.45) is 3.24. The van der Waals surface area contributed by atoms with Gasteiger partial charge in [-0.25, -0.2) is 0 Å². The maximum atomic E-state index is 12.9. The Hall–Kier alpha value is -2.40. The fourth-order valence-corrected chi connectivity index (χ4v) is 2.44. The first-order valence-electron chi connectivity index (χ1n) is 7.49. The molecule has 1 heterocycles. The van der Waals surface area contributed by atoms with Crippen LogP contribution in [0.15, 0.2) is 48.8 Å². The largest absolute Gasteiger partial charge is 0.496 e. The molecule has 0 N–H and O–H groups in total. The van der Waals surface area contributed by atoms with Crippen LogP contribution in [0.4, 0.5) is 0 Å². The number of aromatic nitrogens is 1. The number of nitrogens with zero attached hydrogens (tertiary/aromatic N) is 2. The molecule has 1 aromatic heterocycles. The minimum Gasteiger partial charge on any atom is -0.496 e. The smallest absolute Gasteiger partial charge is 0.254 e. The lowest BCUT2D eigenvalue weighted by Gasteiger charge is -2.29. The van der Waals surface area contributed by atoms with E-state index >= 15 is 0 Å². The Labute approximate surface area is 136 Å². The van der Waals surface area contributed by atoms with E-state index in [1.54, 1.807) is 43.6 Å². The summed E-state index contributed by atoms with van der Waals surface area (Å²) in [6.45, 7) is 2.89. The molecule has 2 rings (SSSR count). The average Bonchev–Trinajstić information content (AvgIpc) is 2.60. The average molecular weight is 314 g/mol. The number of ether oxygens (including phenoxy) is 2. The summed E-state index contributed by atoms with van der Waals surface area (Å²) in [5.41, 5.74) is 1.57. The van der Waals surface area contributed by atoms with Crippen LogP contribution in [0.2, 0.25) is 0 Å². The number of methoxy groups -OCH3 is 2. The standard InChI is InChI=1S/C18H22N2O3/c1-14(13-22-2)20(18(21)15-8-10-19-11-9-15)12-16-6-4-5-7-17(16)23-3/h4-11,14H,12-13H2,1-3H3/t14-/m1/s1. The fourth-order valence-electron chi connectivity index (χ4n) is 2.44. The second-order valence-corrected chi connectivity index (χ2v) is 5.29. The van der Waals surface area contributed by atoms with Crippen molar-refractivity contribution in [2.24, 2.45) is 0 Å². The SMILES string of the molecule is COC[C@@H](C)N(Cc1ccccc1OC)C(=O)c1ccncc1. The zero-order chi connectivity index (χ0) is 16.7. The highest BCUT2D eigenvalue weighted by Crippen LogP contribution is 2.21. The topological polar surface area (TPSA) is 51.7 Å². The van der Waals surface area contributed by atoms with E-state index in [4.69, 9.17) is 9.47 Å². The second-order valence-electron chi connectivity index (χ2n) is 5.29. The summed E-state index contributed by atoms with van der Waals surface area (Å²) in [4.78, 5) is 18.6. The van der Waals surface area contributed by atoms with Gasteiger partial charge in [-0.3, -0.25) is 9.78 Å². The van der Waals surface area contributed by atoms with Crippen molar-refractivity contribution in [1.82, 2.24) is 9.88 Å². The maximum absolute atomic E-state index is 12.9. The molecule has 0 fully saturated rings. The van der Waals surface area contributed by atoms with E-state index < -0.39 is 0 Å². The van der Waals surface area contributed by atoms with Gasteiger partial charge in [-0.1, -0.05) is 18.2 Å². The van der Waals surface area contributed by atoms with E-state index in [0.717, 1.165) is 11.3 Å². The number of hydrogen-bond acceptors (Lipinski definition) is 4. The number of carbonyl (C=O) groups is 1. The van der Waals surface area contributed by atoms with E-state index in [1.807, 2.05) is 31.2 Å². The fraction of sp³-hybridized carbons (Fsp3) is 0.333. The summed E-state index contributed by atoms with van der Waals surface area (Å²) in [7, 11) is 3.27. The van der Waals surface area contributed by atoms with Gasteiger partial charge in [-0.05, 0) is 25.1 Å². The molecule has 5 heteroatoms. The van der Waals surface area contributed by atoms with Crippen molar-refractivity contribution in [1.29, 1.82) is 0 Å². The predicted octanol–water partition coefficient (Wildman–Crippen LogP) is 2.77. The van der Waals surface area contributed by atoms with Crippen molar-refractivity contribution in [2.75, 3.05) is 20.8 Å². The second kappa shape index (κ2) is 8.29. The molecule has 0 bridgehead atoms. The van der Waals surface area contributed by atoms with Crippen LogP contribution in [0.3, 0.4) is 0 Å². The molecule has 0 aliphatic heterocycles. The lowest BCUT2D eigenvalue weighted by molar-refractivity contribution is 0.0540. The van der Waals surface area contributed by atoms with Crippen LogP contribution < -0.4 is 4.74 Å². The van der Waals surface area contributed by atoms with Gasteiger partial charge in [0.05, 0.1) is 26.3 Å². The highest BCUT2D eigenvalue weighted by molar-refractivity contribution is 5.94.